The van der Waals surface area contributed by atoms with Crippen molar-refractivity contribution in [2.24, 2.45) is 5.73 Å². The van der Waals surface area contributed by atoms with Crippen molar-refractivity contribution in [2.75, 3.05) is 14.2 Å². The lowest BCUT2D eigenvalue weighted by Crippen LogP contribution is -2.23. The van der Waals surface area contributed by atoms with Crippen LogP contribution in [0.4, 0.5) is 4.39 Å². The molecule has 1 unspecified atom stereocenters. The van der Waals surface area contributed by atoms with Crippen molar-refractivity contribution in [1.29, 1.82) is 0 Å². The number of methoxy groups -OCH3 is 2. The largest absolute Gasteiger partial charge is 0.496 e. The molecule has 0 radical (unpaired) electrons. The second kappa shape index (κ2) is 7.82. The maximum atomic E-state index is 13.5. The highest BCUT2D eigenvalue weighted by Crippen LogP contribution is 2.33. The van der Waals surface area contributed by atoms with Gasteiger partial charge in [0, 0.05) is 30.1 Å². The van der Waals surface area contributed by atoms with Crippen LogP contribution >= 0.6 is 0 Å². The first-order chi connectivity index (χ1) is 13.0. The van der Waals surface area contributed by atoms with Gasteiger partial charge in [-0.1, -0.05) is 6.07 Å². The lowest BCUT2D eigenvalue weighted by atomic mass is 9.93. The van der Waals surface area contributed by atoms with Gasteiger partial charge in [0.05, 0.1) is 19.9 Å². The number of amides is 1. The Labute approximate surface area is 155 Å². The minimum Gasteiger partial charge on any atom is -0.496 e. The van der Waals surface area contributed by atoms with Crippen molar-refractivity contribution in [1.82, 2.24) is 9.97 Å². The Morgan fingerprint density at radius 3 is 2.52 bits per heavy atom. The molecule has 0 aliphatic carbocycles. The number of aromatic nitrogens is 2. The van der Waals surface area contributed by atoms with E-state index in [1.54, 1.807) is 36.5 Å². The van der Waals surface area contributed by atoms with Gasteiger partial charge < -0.3 is 15.2 Å². The van der Waals surface area contributed by atoms with Crippen molar-refractivity contribution in [2.45, 2.75) is 5.92 Å². The van der Waals surface area contributed by atoms with Crippen molar-refractivity contribution in [3.63, 3.8) is 0 Å². The standard InChI is InChI=1S/C20H18FN3O3/c1-26-17-10-14(21)4-5-15(17)12-7-8-23-16(9-12)19(20(22)25)13-3-6-18(27-2)24-11-13/h3-11,19H,1-2H3,(H2,22,25). The summed E-state index contributed by atoms with van der Waals surface area (Å²) in [5.41, 5.74) is 8.08. The first kappa shape index (κ1) is 18.3. The Bertz CT molecular complexity index is 961. The predicted molar refractivity (Wildman–Crippen MR) is 98.0 cm³/mol. The number of benzene rings is 1. The Morgan fingerprint density at radius 2 is 1.89 bits per heavy atom. The molecule has 2 aromatic heterocycles. The van der Waals surface area contributed by atoms with E-state index in [4.69, 9.17) is 15.2 Å². The summed E-state index contributed by atoms with van der Waals surface area (Å²) >= 11 is 0. The number of halogens is 1. The molecule has 1 aromatic carbocycles. The molecule has 7 heteroatoms. The molecule has 3 aromatic rings. The molecule has 2 heterocycles. The van der Waals surface area contributed by atoms with Crippen LogP contribution in [-0.2, 0) is 4.79 Å². The first-order valence-electron chi connectivity index (χ1n) is 8.12. The number of carbonyl (C=O) groups is 1. The lowest BCUT2D eigenvalue weighted by molar-refractivity contribution is -0.118. The molecule has 0 saturated carbocycles. The molecule has 0 fully saturated rings. The highest BCUT2D eigenvalue weighted by Gasteiger charge is 2.23. The molecule has 3 rings (SSSR count). The molecule has 1 amide bonds. The average Bonchev–Trinajstić information content (AvgIpc) is 2.68. The summed E-state index contributed by atoms with van der Waals surface area (Å²) in [6, 6.07) is 11.1. The third-order valence-electron chi connectivity index (χ3n) is 4.14. The van der Waals surface area contributed by atoms with Gasteiger partial charge in [-0.05, 0) is 35.4 Å². The maximum Gasteiger partial charge on any atom is 0.231 e. The van der Waals surface area contributed by atoms with E-state index in [0.717, 1.165) is 5.56 Å². The number of primary amides is 1. The smallest absolute Gasteiger partial charge is 0.231 e. The highest BCUT2D eigenvalue weighted by molar-refractivity contribution is 5.85. The average molecular weight is 367 g/mol. The SMILES string of the molecule is COc1ccc(C(C(N)=O)c2cc(-c3ccc(F)cc3OC)ccn2)cn1. The van der Waals surface area contributed by atoms with Crippen LogP contribution in [0.1, 0.15) is 17.2 Å². The van der Waals surface area contributed by atoms with Crippen molar-refractivity contribution in [3.05, 3.63) is 71.9 Å². The fourth-order valence-electron chi connectivity index (χ4n) is 2.84. The molecule has 1 atom stereocenters. The van der Waals surface area contributed by atoms with Crippen LogP contribution in [0.25, 0.3) is 11.1 Å². The Kier molecular flexibility index (Phi) is 5.30. The number of rotatable bonds is 6. The van der Waals surface area contributed by atoms with E-state index in [-0.39, 0.29) is 0 Å². The molecule has 138 valence electrons. The summed E-state index contributed by atoms with van der Waals surface area (Å²) in [6.45, 7) is 0. The lowest BCUT2D eigenvalue weighted by Gasteiger charge is -2.15. The fraction of sp³-hybridized carbons (Fsp3) is 0.150. The molecular formula is C20H18FN3O3. The van der Waals surface area contributed by atoms with Crippen LogP contribution in [0.3, 0.4) is 0 Å². The van der Waals surface area contributed by atoms with E-state index < -0.39 is 17.6 Å². The number of pyridine rings is 2. The van der Waals surface area contributed by atoms with Gasteiger partial charge in [0.2, 0.25) is 11.8 Å². The van der Waals surface area contributed by atoms with Crippen molar-refractivity contribution >= 4 is 5.91 Å². The second-order valence-electron chi connectivity index (χ2n) is 5.78. The Morgan fingerprint density at radius 1 is 1.07 bits per heavy atom. The highest BCUT2D eigenvalue weighted by atomic mass is 19.1. The van der Waals surface area contributed by atoms with E-state index in [0.29, 0.717) is 28.5 Å². The summed E-state index contributed by atoms with van der Waals surface area (Å²) in [6.07, 6.45) is 3.10. The van der Waals surface area contributed by atoms with Crippen molar-refractivity contribution in [3.8, 4) is 22.8 Å². The topological polar surface area (TPSA) is 87.3 Å². The number of ether oxygens (including phenoxy) is 2. The molecule has 2 N–H and O–H groups in total. The number of carbonyl (C=O) groups excluding carboxylic acids is 1. The number of nitrogens with two attached hydrogens (primary N) is 1. The first-order valence-corrected chi connectivity index (χ1v) is 8.12. The predicted octanol–water partition coefficient (Wildman–Crippen LogP) is 2.92. The molecule has 0 aliphatic rings. The van der Waals surface area contributed by atoms with Gasteiger partial charge in [-0.15, -0.1) is 0 Å². The van der Waals surface area contributed by atoms with Gasteiger partial charge >= 0.3 is 0 Å². The zero-order valence-corrected chi connectivity index (χ0v) is 14.8. The zero-order valence-electron chi connectivity index (χ0n) is 14.8. The van der Waals surface area contributed by atoms with Crippen LogP contribution < -0.4 is 15.2 Å². The minimum absolute atomic E-state index is 0.383. The van der Waals surface area contributed by atoms with E-state index in [2.05, 4.69) is 9.97 Å². The molecule has 27 heavy (non-hydrogen) atoms. The number of hydrogen-bond acceptors (Lipinski definition) is 5. The van der Waals surface area contributed by atoms with E-state index in [1.165, 1.54) is 32.5 Å². The maximum absolute atomic E-state index is 13.5. The van der Waals surface area contributed by atoms with Gasteiger partial charge in [0.25, 0.3) is 0 Å². The zero-order chi connectivity index (χ0) is 19.4. The van der Waals surface area contributed by atoms with Gasteiger partial charge in [0.1, 0.15) is 17.5 Å². The summed E-state index contributed by atoms with van der Waals surface area (Å²) in [5, 5.41) is 0. The van der Waals surface area contributed by atoms with Gasteiger partial charge in [-0.25, -0.2) is 9.37 Å². The van der Waals surface area contributed by atoms with Crippen LogP contribution in [0.2, 0.25) is 0 Å². The van der Waals surface area contributed by atoms with Crippen LogP contribution in [0.5, 0.6) is 11.6 Å². The van der Waals surface area contributed by atoms with Crippen molar-refractivity contribution < 1.29 is 18.7 Å². The minimum atomic E-state index is -0.783. The molecule has 0 spiro atoms. The van der Waals surface area contributed by atoms with Crippen LogP contribution in [0.15, 0.2) is 54.9 Å². The fourth-order valence-corrected chi connectivity index (χ4v) is 2.84. The van der Waals surface area contributed by atoms with Gasteiger partial charge in [-0.3, -0.25) is 9.78 Å². The molecule has 0 bridgehead atoms. The molecule has 0 aliphatic heterocycles. The Balaban J connectivity index is 2.05. The molecule has 0 saturated heterocycles. The summed E-state index contributed by atoms with van der Waals surface area (Å²) in [7, 11) is 2.98. The molecular weight excluding hydrogens is 349 g/mol. The Hall–Kier alpha value is -3.48. The van der Waals surface area contributed by atoms with Crippen LogP contribution in [0, 0.1) is 5.82 Å². The third-order valence-corrected chi connectivity index (χ3v) is 4.14. The van der Waals surface area contributed by atoms with Gasteiger partial charge in [0.15, 0.2) is 0 Å². The summed E-state index contributed by atoms with van der Waals surface area (Å²) < 4.78 is 23.8. The monoisotopic (exact) mass is 367 g/mol. The van der Waals surface area contributed by atoms with E-state index >= 15 is 0 Å². The van der Waals surface area contributed by atoms with Crippen LogP contribution in [-0.4, -0.2) is 30.1 Å². The number of nitrogens with zero attached hydrogens (tertiary/aromatic N) is 2. The van der Waals surface area contributed by atoms with E-state index in [1.807, 2.05) is 0 Å². The third kappa shape index (κ3) is 3.87. The normalized spacial score (nSPS) is 11.7. The summed E-state index contributed by atoms with van der Waals surface area (Å²) in [5.74, 6) is -0.926. The quantitative estimate of drug-likeness (QED) is 0.724. The molecule has 6 nitrogen and oxygen atoms in total. The number of hydrogen-bond donors (Lipinski definition) is 1. The van der Waals surface area contributed by atoms with E-state index in [9.17, 15) is 9.18 Å². The van der Waals surface area contributed by atoms with Gasteiger partial charge in [-0.2, -0.15) is 0 Å². The second-order valence-corrected chi connectivity index (χ2v) is 5.78. The summed E-state index contributed by atoms with van der Waals surface area (Å²) in [4.78, 5) is 20.5.